The minimum atomic E-state index is -0.980. The van der Waals surface area contributed by atoms with Crippen molar-refractivity contribution in [2.75, 3.05) is 13.7 Å². The summed E-state index contributed by atoms with van der Waals surface area (Å²) in [5, 5.41) is 9.13. The maximum Gasteiger partial charge on any atom is 0.329 e. The highest BCUT2D eigenvalue weighted by atomic mass is 16.5. The van der Waals surface area contributed by atoms with Crippen LogP contribution in [0.1, 0.15) is 13.3 Å². The first-order chi connectivity index (χ1) is 6.61. The molecule has 0 amide bonds. The Bertz CT molecular complexity index is 297. The normalized spacial score (nSPS) is 15.0. The van der Waals surface area contributed by atoms with E-state index in [4.69, 9.17) is 9.84 Å². The summed E-state index contributed by atoms with van der Waals surface area (Å²) >= 11 is 0. The van der Waals surface area contributed by atoms with E-state index in [1.54, 1.807) is 31.0 Å². The lowest BCUT2D eigenvalue weighted by molar-refractivity contribution is -0.147. The van der Waals surface area contributed by atoms with E-state index >= 15 is 0 Å². The van der Waals surface area contributed by atoms with Crippen LogP contribution in [0.4, 0.5) is 0 Å². The molecule has 1 aromatic rings. The van der Waals surface area contributed by atoms with Gasteiger partial charge in [0.1, 0.15) is 5.54 Å². The molecule has 5 heteroatoms. The molecule has 0 aliphatic carbocycles. The number of carbonyl (C=O) groups is 1. The molecular formula is C9H14N2O3. The van der Waals surface area contributed by atoms with Crippen molar-refractivity contribution in [1.82, 2.24) is 9.55 Å². The van der Waals surface area contributed by atoms with E-state index < -0.39 is 11.5 Å². The van der Waals surface area contributed by atoms with E-state index in [9.17, 15) is 4.79 Å². The van der Waals surface area contributed by atoms with E-state index in [2.05, 4.69) is 4.98 Å². The number of carboxylic acid groups (broad SMARTS) is 1. The molecule has 0 bridgehead atoms. The molecule has 0 spiro atoms. The molecule has 78 valence electrons. The molecule has 5 nitrogen and oxygen atoms in total. The molecule has 1 atom stereocenters. The fourth-order valence-corrected chi connectivity index (χ4v) is 1.20. The molecule has 1 heterocycles. The summed E-state index contributed by atoms with van der Waals surface area (Å²) in [6.07, 6.45) is 5.12. The lowest BCUT2D eigenvalue weighted by Gasteiger charge is -2.25. The molecule has 1 unspecified atom stereocenters. The number of ether oxygens (including phenoxy) is 1. The number of rotatable bonds is 5. The number of aliphatic carboxylic acids is 1. The number of nitrogens with zero attached hydrogens (tertiary/aromatic N) is 2. The monoisotopic (exact) mass is 198 g/mol. The highest BCUT2D eigenvalue weighted by Crippen LogP contribution is 2.20. The molecule has 0 radical (unpaired) electrons. The molecule has 0 aromatic carbocycles. The number of aromatic nitrogens is 2. The van der Waals surface area contributed by atoms with Crippen LogP contribution < -0.4 is 0 Å². The smallest absolute Gasteiger partial charge is 0.329 e. The van der Waals surface area contributed by atoms with Crippen molar-refractivity contribution in [3.05, 3.63) is 18.7 Å². The van der Waals surface area contributed by atoms with Crippen molar-refractivity contribution < 1.29 is 14.6 Å². The molecule has 1 N–H and O–H groups in total. The van der Waals surface area contributed by atoms with Gasteiger partial charge in [-0.1, -0.05) is 0 Å². The van der Waals surface area contributed by atoms with Crippen LogP contribution >= 0.6 is 0 Å². The third-order valence-electron chi connectivity index (χ3n) is 2.33. The minimum Gasteiger partial charge on any atom is -0.479 e. The van der Waals surface area contributed by atoms with Crippen LogP contribution in [-0.2, 0) is 15.1 Å². The zero-order valence-electron chi connectivity index (χ0n) is 8.30. The molecule has 0 fully saturated rings. The standard InChI is InChI=1S/C9H14N2O3/c1-9(8(12)13,3-6-14-2)11-5-4-10-7-11/h4-5,7H,3,6H2,1-2H3,(H,12,13). The van der Waals surface area contributed by atoms with Crippen LogP contribution in [-0.4, -0.2) is 34.3 Å². The summed E-state index contributed by atoms with van der Waals surface area (Å²) in [6.45, 7) is 2.05. The Morgan fingerprint density at radius 1 is 1.71 bits per heavy atom. The van der Waals surface area contributed by atoms with Crippen LogP contribution in [0.2, 0.25) is 0 Å². The van der Waals surface area contributed by atoms with Gasteiger partial charge in [-0.3, -0.25) is 0 Å². The number of methoxy groups -OCH3 is 1. The topological polar surface area (TPSA) is 64.3 Å². The average molecular weight is 198 g/mol. The van der Waals surface area contributed by atoms with Gasteiger partial charge in [0.25, 0.3) is 0 Å². The molecular weight excluding hydrogens is 184 g/mol. The first kappa shape index (κ1) is 10.7. The van der Waals surface area contributed by atoms with Crippen LogP contribution in [0.3, 0.4) is 0 Å². The van der Waals surface area contributed by atoms with Gasteiger partial charge in [-0.15, -0.1) is 0 Å². The van der Waals surface area contributed by atoms with E-state index in [1.807, 2.05) is 0 Å². The Labute approximate surface area is 82.3 Å². The second kappa shape index (κ2) is 4.23. The van der Waals surface area contributed by atoms with E-state index in [0.29, 0.717) is 13.0 Å². The predicted molar refractivity (Wildman–Crippen MR) is 50.0 cm³/mol. The molecule has 14 heavy (non-hydrogen) atoms. The largest absolute Gasteiger partial charge is 0.479 e. The minimum absolute atomic E-state index is 0.404. The van der Waals surface area contributed by atoms with Crippen molar-refractivity contribution in [1.29, 1.82) is 0 Å². The number of hydrogen-bond acceptors (Lipinski definition) is 3. The SMILES string of the molecule is COCCC(C)(C(=O)O)n1ccnc1. The summed E-state index contributed by atoms with van der Waals surface area (Å²) in [5.41, 5.74) is -0.980. The predicted octanol–water partition coefficient (Wildman–Crippen LogP) is 0.719. The summed E-state index contributed by atoms with van der Waals surface area (Å²) in [4.78, 5) is 15.0. The van der Waals surface area contributed by atoms with Crippen molar-refractivity contribution in [3.8, 4) is 0 Å². The van der Waals surface area contributed by atoms with Gasteiger partial charge in [-0.2, -0.15) is 0 Å². The molecule has 1 aromatic heterocycles. The van der Waals surface area contributed by atoms with Crippen LogP contribution in [0.5, 0.6) is 0 Å². The lowest BCUT2D eigenvalue weighted by Crippen LogP contribution is -2.39. The van der Waals surface area contributed by atoms with Gasteiger partial charge in [0, 0.05) is 32.5 Å². The van der Waals surface area contributed by atoms with Crippen LogP contribution in [0.15, 0.2) is 18.7 Å². The van der Waals surface area contributed by atoms with Gasteiger partial charge in [0.05, 0.1) is 6.33 Å². The Hall–Kier alpha value is -1.36. The summed E-state index contributed by atoms with van der Waals surface area (Å²) in [6, 6.07) is 0. The molecule has 1 rings (SSSR count). The molecule has 0 aliphatic rings. The fourth-order valence-electron chi connectivity index (χ4n) is 1.20. The highest BCUT2D eigenvalue weighted by Gasteiger charge is 2.34. The fraction of sp³-hybridized carbons (Fsp3) is 0.556. The Morgan fingerprint density at radius 2 is 2.43 bits per heavy atom. The highest BCUT2D eigenvalue weighted by molar-refractivity contribution is 5.76. The Kier molecular flexibility index (Phi) is 3.24. The van der Waals surface area contributed by atoms with Gasteiger partial charge in [0.2, 0.25) is 0 Å². The van der Waals surface area contributed by atoms with Crippen molar-refractivity contribution in [2.45, 2.75) is 18.9 Å². The third kappa shape index (κ3) is 1.93. The van der Waals surface area contributed by atoms with E-state index in [1.165, 1.54) is 6.33 Å². The van der Waals surface area contributed by atoms with Crippen LogP contribution in [0, 0.1) is 0 Å². The Balaban J connectivity index is 2.87. The second-order valence-corrected chi connectivity index (χ2v) is 3.29. The van der Waals surface area contributed by atoms with E-state index in [0.717, 1.165) is 0 Å². The van der Waals surface area contributed by atoms with Gasteiger partial charge >= 0.3 is 5.97 Å². The zero-order chi connectivity index (χ0) is 10.6. The van der Waals surface area contributed by atoms with Gasteiger partial charge in [0.15, 0.2) is 0 Å². The molecule has 0 aliphatic heterocycles. The first-order valence-electron chi connectivity index (χ1n) is 4.32. The van der Waals surface area contributed by atoms with Gasteiger partial charge in [-0.05, 0) is 6.92 Å². The van der Waals surface area contributed by atoms with Crippen molar-refractivity contribution >= 4 is 5.97 Å². The quantitative estimate of drug-likeness (QED) is 0.757. The Morgan fingerprint density at radius 3 is 2.86 bits per heavy atom. The average Bonchev–Trinajstić information content (AvgIpc) is 2.66. The van der Waals surface area contributed by atoms with Gasteiger partial charge < -0.3 is 14.4 Å². The molecule has 0 saturated heterocycles. The third-order valence-corrected chi connectivity index (χ3v) is 2.33. The number of imidazole rings is 1. The lowest BCUT2D eigenvalue weighted by atomic mass is 9.98. The first-order valence-corrected chi connectivity index (χ1v) is 4.32. The van der Waals surface area contributed by atoms with Crippen molar-refractivity contribution in [3.63, 3.8) is 0 Å². The second-order valence-electron chi connectivity index (χ2n) is 3.29. The maximum atomic E-state index is 11.1. The summed E-state index contributed by atoms with van der Waals surface area (Å²) in [5.74, 6) is -0.882. The van der Waals surface area contributed by atoms with Gasteiger partial charge in [-0.25, -0.2) is 9.78 Å². The molecule has 0 saturated carbocycles. The number of carboxylic acids is 1. The summed E-state index contributed by atoms with van der Waals surface area (Å²) < 4.78 is 6.47. The van der Waals surface area contributed by atoms with Crippen LogP contribution in [0.25, 0.3) is 0 Å². The van der Waals surface area contributed by atoms with Crippen molar-refractivity contribution in [2.24, 2.45) is 0 Å². The number of hydrogen-bond donors (Lipinski definition) is 1. The van der Waals surface area contributed by atoms with E-state index in [-0.39, 0.29) is 0 Å². The zero-order valence-corrected chi connectivity index (χ0v) is 8.30. The summed E-state index contributed by atoms with van der Waals surface area (Å²) in [7, 11) is 1.55. The maximum absolute atomic E-state index is 11.1.